The molecule has 1 aliphatic heterocycles. The van der Waals surface area contributed by atoms with Gasteiger partial charge in [0.2, 0.25) is 0 Å². The number of carbonyl (C=O) groups excluding carboxylic acids is 1. The zero-order chi connectivity index (χ0) is 15.4. The first-order valence-corrected chi connectivity index (χ1v) is 7.89. The number of aromatic carboxylic acids is 1. The van der Waals surface area contributed by atoms with Gasteiger partial charge >= 0.3 is 12.0 Å². The predicted octanol–water partition coefficient (Wildman–Crippen LogP) is 3.80. The van der Waals surface area contributed by atoms with E-state index in [1.165, 1.54) is 6.07 Å². The predicted molar refractivity (Wildman–Crippen MR) is 84.7 cm³/mol. The molecule has 21 heavy (non-hydrogen) atoms. The van der Waals surface area contributed by atoms with Crippen LogP contribution in [0.5, 0.6) is 0 Å². The second-order valence-electron chi connectivity index (χ2n) is 5.26. The molecule has 0 spiro atoms. The zero-order valence-corrected chi connectivity index (χ0v) is 13.5. The Kier molecular flexibility index (Phi) is 5.22. The average molecular weight is 355 g/mol. The van der Waals surface area contributed by atoms with Crippen LogP contribution in [0, 0.1) is 5.92 Å². The van der Waals surface area contributed by atoms with Crippen molar-refractivity contribution in [2.45, 2.75) is 26.2 Å². The fourth-order valence-corrected chi connectivity index (χ4v) is 2.91. The van der Waals surface area contributed by atoms with Gasteiger partial charge in [-0.25, -0.2) is 9.59 Å². The van der Waals surface area contributed by atoms with E-state index in [0.29, 0.717) is 11.6 Å². The first kappa shape index (κ1) is 15.8. The lowest BCUT2D eigenvalue weighted by Gasteiger charge is -2.31. The van der Waals surface area contributed by atoms with E-state index in [-0.39, 0.29) is 11.6 Å². The largest absolute Gasteiger partial charge is 0.478 e. The summed E-state index contributed by atoms with van der Waals surface area (Å²) in [6.45, 7) is 3.61. The van der Waals surface area contributed by atoms with Gasteiger partial charge in [0.15, 0.2) is 0 Å². The van der Waals surface area contributed by atoms with Crippen molar-refractivity contribution in [3.8, 4) is 0 Å². The summed E-state index contributed by atoms with van der Waals surface area (Å²) < 4.78 is 0.729. The molecule has 2 N–H and O–H groups in total. The minimum atomic E-state index is -1.05. The molecule has 6 heteroatoms. The number of carbonyl (C=O) groups is 2. The lowest BCUT2D eigenvalue weighted by molar-refractivity contribution is 0.0698. The summed E-state index contributed by atoms with van der Waals surface area (Å²) in [6.07, 6.45) is 3.16. The van der Waals surface area contributed by atoms with Gasteiger partial charge < -0.3 is 15.3 Å². The Morgan fingerprint density at radius 1 is 1.38 bits per heavy atom. The maximum absolute atomic E-state index is 12.3. The van der Waals surface area contributed by atoms with Gasteiger partial charge in [-0.3, -0.25) is 0 Å². The molecule has 1 heterocycles. The highest BCUT2D eigenvalue weighted by atomic mass is 79.9. The molecule has 0 bridgehead atoms. The van der Waals surface area contributed by atoms with Gasteiger partial charge in [0, 0.05) is 17.6 Å². The molecule has 0 aromatic heterocycles. The van der Waals surface area contributed by atoms with Crippen LogP contribution in [-0.2, 0) is 0 Å². The third kappa shape index (κ3) is 3.97. The van der Waals surface area contributed by atoms with E-state index >= 15 is 0 Å². The van der Waals surface area contributed by atoms with Crippen molar-refractivity contribution in [2.24, 2.45) is 5.92 Å². The van der Waals surface area contributed by atoms with Gasteiger partial charge in [-0.2, -0.15) is 0 Å². The SMILES string of the molecule is CCC1CCN(C(=O)Nc2cc(Br)ccc2C(=O)O)CC1. The van der Waals surface area contributed by atoms with E-state index in [0.717, 1.165) is 36.8 Å². The van der Waals surface area contributed by atoms with Crippen LogP contribution in [0.15, 0.2) is 22.7 Å². The highest BCUT2D eigenvalue weighted by Gasteiger charge is 2.23. The van der Waals surface area contributed by atoms with Crippen molar-refractivity contribution < 1.29 is 14.7 Å². The maximum Gasteiger partial charge on any atom is 0.337 e. The van der Waals surface area contributed by atoms with Crippen LogP contribution in [0.3, 0.4) is 0 Å². The molecule has 0 unspecified atom stereocenters. The fourth-order valence-electron chi connectivity index (χ4n) is 2.54. The first-order chi connectivity index (χ1) is 10.0. The summed E-state index contributed by atoms with van der Waals surface area (Å²) in [6, 6.07) is 4.50. The molecule has 0 saturated carbocycles. The van der Waals surface area contributed by atoms with E-state index in [2.05, 4.69) is 28.2 Å². The van der Waals surface area contributed by atoms with Gasteiger partial charge in [0.25, 0.3) is 0 Å². The van der Waals surface area contributed by atoms with Crippen LogP contribution in [0.1, 0.15) is 36.5 Å². The second-order valence-corrected chi connectivity index (χ2v) is 6.18. The molecular formula is C15H19BrN2O3. The third-order valence-electron chi connectivity index (χ3n) is 3.93. The Hall–Kier alpha value is -1.56. The minimum Gasteiger partial charge on any atom is -0.478 e. The van der Waals surface area contributed by atoms with Crippen molar-refractivity contribution >= 4 is 33.6 Å². The molecule has 1 aliphatic rings. The monoisotopic (exact) mass is 354 g/mol. The summed E-state index contributed by atoms with van der Waals surface area (Å²) in [5, 5.41) is 11.9. The number of rotatable bonds is 3. The molecule has 2 rings (SSSR count). The van der Waals surface area contributed by atoms with Crippen molar-refractivity contribution in [1.29, 1.82) is 0 Å². The topological polar surface area (TPSA) is 69.6 Å². The highest BCUT2D eigenvalue weighted by Crippen LogP contribution is 2.24. The van der Waals surface area contributed by atoms with Crippen LogP contribution in [0.2, 0.25) is 0 Å². The number of likely N-dealkylation sites (tertiary alicyclic amines) is 1. The number of nitrogens with zero attached hydrogens (tertiary/aromatic N) is 1. The molecular weight excluding hydrogens is 336 g/mol. The molecule has 5 nitrogen and oxygen atoms in total. The lowest BCUT2D eigenvalue weighted by atomic mass is 9.95. The molecule has 114 valence electrons. The minimum absolute atomic E-state index is 0.0926. The van der Waals surface area contributed by atoms with E-state index in [1.54, 1.807) is 17.0 Å². The molecule has 1 saturated heterocycles. The van der Waals surface area contributed by atoms with E-state index in [1.807, 2.05) is 0 Å². The summed E-state index contributed by atoms with van der Waals surface area (Å²) in [7, 11) is 0. The Bertz CT molecular complexity index is 540. The molecule has 1 aromatic rings. The summed E-state index contributed by atoms with van der Waals surface area (Å²) >= 11 is 3.29. The van der Waals surface area contributed by atoms with Crippen molar-refractivity contribution in [2.75, 3.05) is 18.4 Å². The van der Waals surface area contributed by atoms with Crippen molar-refractivity contribution in [1.82, 2.24) is 4.90 Å². The third-order valence-corrected chi connectivity index (χ3v) is 4.43. The smallest absolute Gasteiger partial charge is 0.337 e. The van der Waals surface area contributed by atoms with E-state index in [4.69, 9.17) is 5.11 Å². The molecule has 0 radical (unpaired) electrons. The van der Waals surface area contributed by atoms with Crippen LogP contribution in [0.25, 0.3) is 0 Å². The highest BCUT2D eigenvalue weighted by molar-refractivity contribution is 9.10. The summed E-state index contributed by atoms with van der Waals surface area (Å²) in [4.78, 5) is 25.2. The molecule has 1 aromatic carbocycles. The number of hydrogen-bond donors (Lipinski definition) is 2. The fraction of sp³-hybridized carbons (Fsp3) is 0.467. The number of anilines is 1. The molecule has 0 atom stereocenters. The van der Waals surface area contributed by atoms with Gasteiger partial charge in [0.05, 0.1) is 11.3 Å². The summed E-state index contributed by atoms with van der Waals surface area (Å²) in [5.41, 5.74) is 0.412. The number of benzene rings is 1. The normalized spacial score (nSPS) is 15.8. The van der Waals surface area contributed by atoms with Crippen LogP contribution in [0.4, 0.5) is 10.5 Å². The molecule has 0 aliphatic carbocycles. The number of nitrogens with one attached hydrogen (secondary N) is 1. The van der Waals surface area contributed by atoms with E-state index < -0.39 is 5.97 Å². The number of hydrogen-bond acceptors (Lipinski definition) is 2. The quantitative estimate of drug-likeness (QED) is 0.867. The number of piperidine rings is 1. The summed E-state index contributed by atoms with van der Waals surface area (Å²) in [5.74, 6) is -0.364. The first-order valence-electron chi connectivity index (χ1n) is 7.10. The zero-order valence-electron chi connectivity index (χ0n) is 11.9. The van der Waals surface area contributed by atoms with Crippen molar-refractivity contribution in [3.05, 3.63) is 28.2 Å². The number of carboxylic acids is 1. The standard InChI is InChI=1S/C15H19BrN2O3/c1-2-10-5-7-18(8-6-10)15(21)17-13-9-11(16)3-4-12(13)14(19)20/h3-4,9-10H,2,5-8H2,1H3,(H,17,21)(H,19,20). The Morgan fingerprint density at radius 3 is 2.62 bits per heavy atom. The van der Waals surface area contributed by atoms with Gasteiger partial charge in [0.1, 0.15) is 0 Å². The average Bonchev–Trinajstić information content (AvgIpc) is 2.47. The number of amides is 2. The number of halogens is 1. The molecule has 1 fully saturated rings. The van der Waals surface area contributed by atoms with Crippen LogP contribution >= 0.6 is 15.9 Å². The van der Waals surface area contributed by atoms with E-state index in [9.17, 15) is 9.59 Å². The lowest BCUT2D eigenvalue weighted by Crippen LogP contribution is -2.41. The number of urea groups is 1. The van der Waals surface area contributed by atoms with Gasteiger partial charge in [-0.15, -0.1) is 0 Å². The maximum atomic E-state index is 12.3. The Balaban J connectivity index is 2.06. The van der Waals surface area contributed by atoms with Crippen LogP contribution in [-0.4, -0.2) is 35.1 Å². The van der Waals surface area contributed by atoms with Gasteiger partial charge in [-0.1, -0.05) is 29.3 Å². The molecule has 2 amide bonds. The Morgan fingerprint density at radius 2 is 2.05 bits per heavy atom. The Labute approximate surface area is 132 Å². The van der Waals surface area contributed by atoms with Crippen LogP contribution < -0.4 is 5.32 Å². The number of carboxylic acid groups (broad SMARTS) is 1. The second kappa shape index (κ2) is 6.93. The van der Waals surface area contributed by atoms with Crippen molar-refractivity contribution in [3.63, 3.8) is 0 Å². The van der Waals surface area contributed by atoms with Gasteiger partial charge in [-0.05, 0) is 37.0 Å².